The summed E-state index contributed by atoms with van der Waals surface area (Å²) in [6.07, 6.45) is 1.72. The quantitative estimate of drug-likeness (QED) is 0.710. The third-order valence-electron chi connectivity index (χ3n) is 3.19. The van der Waals surface area contributed by atoms with E-state index in [0.717, 1.165) is 10.5 Å². The molecule has 1 N–H and O–H groups in total. The van der Waals surface area contributed by atoms with Gasteiger partial charge in [-0.3, -0.25) is 4.79 Å². The SMILES string of the molecule is COCCn1c(C(=O)NCc2nccs2)cc2oc(Br)cc21. The van der Waals surface area contributed by atoms with Crippen LogP contribution in [-0.4, -0.2) is 29.2 Å². The van der Waals surface area contributed by atoms with Gasteiger partial charge >= 0.3 is 0 Å². The summed E-state index contributed by atoms with van der Waals surface area (Å²) in [5, 5.41) is 5.63. The molecule has 3 aromatic heterocycles. The van der Waals surface area contributed by atoms with Gasteiger partial charge in [0.15, 0.2) is 10.3 Å². The Morgan fingerprint density at radius 2 is 2.41 bits per heavy atom. The minimum absolute atomic E-state index is 0.158. The molecule has 0 aliphatic carbocycles. The molecule has 0 aliphatic heterocycles. The number of hydrogen-bond acceptors (Lipinski definition) is 5. The molecule has 0 aliphatic rings. The fourth-order valence-electron chi connectivity index (χ4n) is 2.21. The average Bonchev–Trinajstić information content (AvgIpc) is 3.19. The molecule has 116 valence electrons. The van der Waals surface area contributed by atoms with Crippen LogP contribution in [0.15, 0.2) is 32.8 Å². The Morgan fingerprint density at radius 1 is 1.55 bits per heavy atom. The molecule has 22 heavy (non-hydrogen) atoms. The van der Waals surface area contributed by atoms with E-state index in [1.54, 1.807) is 19.4 Å². The number of hydrogen-bond donors (Lipinski definition) is 1. The Balaban J connectivity index is 1.84. The van der Waals surface area contributed by atoms with Gasteiger partial charge in [0.25, 0.3) is 5.91 Å². The van der Waals surface area contributed by atoms with E-state index in [1.807, 2.05) is 16.0 Å². The number of methoxy groups -OCH3 is 1. The molecule has 0 saturated heterocycles. The highest BCUT2D eigenvalue weighted by atomic mass is 79.9. The molecule has 0 bridgehead atoms. The van der Waals surface area contributed by atoms with Crippen LogP contribution in [-0.2, 0) is 17.8 Å². The predicted octanol–water partition coefficient (Wildman–Crippen LogP) is 3.03. The van der Waals surface area contributed by atoms with Crippen LogP contribution in [0, 0.1) is 0 Å². The molecule has 8 heteroatoms. The van der Waals surface area contributed by atoms with Crippen LogP contribution >= 0.6 is 27.3 Å². The number of nitrogens with zero attached hydrogens (tertiary/aromatic N) is 2. The number of furan rings is 1. The molecule has 6 nitrogen and oxygen atoms in total. The summed E-state index contributed by atoms with van der Waals surface area (Å²) in [5.74, 6) is -0.158. The van der Waals surface area contributed by atoms with E-state index in [-0.39, 0.29) is 5.91 Å². The van der Waals surface area contributed by atoms with E-state index in [9.17, 15) is 4.79 Å². The number of nitrogens with one attached hydrogen (secondary N) is 1. The first-order valence-corrected chi connectivity index (χ1v) is 8.30. The van der Waals surface area contributed by atoms with Gasteiger partial charge in [-0.2, -0.15) is 0 Å². The fourth-order valence-corrected chi connectivity index (χ4v) is 3.16. The van der Waals surface area contributed by atoms with Crippen molar-refractivity contribution in [3.63, 3.8) is 0 Å². The summed E-state index contributed by atoms with van der Waals surface area (Å²) >= 11 is 4.82. The summed E-state index contributed by atoms with van der Waals surface area (Å²) in [5.41, 5.74) is 2.08. The number of aromatic nitrogens is 2. The second kappa shape index (κ2) is 6.64. The van der Waals surface area contributed by atoms with E-state index in [4.69, 9.17) is 9.15 Å². The number of carbonyl (C=O) groups excluding carboxylic acids is 1. The number of thiazole rings is 1. The minimum Gasteiger partial charge on any atom is -0.448 e. The van der Waals surface area contributed by atoms with Crippen molar-refractivity contribution in [2.45, 2.75) is 13.1 Å². The highest BCUT2D eigenvalue weighted by Crippen LogP contribution is 2.27. The monoisotopic (exact) mass is 383 g/mol. The van der Waals surface area contributed by atoms with Crippen molar-refractivity contribution in [2.75, 3.05) is 13.7 Å². The van der Waals surface area contributed by atoms with Crippen LogP contribution in [0.25, 0.3) is 11.1 Å². The van der Waals surface area contributed by atoms with Gasteiger partial charge < -0.3 is 19.0 Å². The van der Waals surface area contributed by atoms with Gasteiger partial charge in [-0.15, -0.1) is 11.3 Å². The van der Waals surface area contributed by atoms with Crippen LogP contribution < -0.4 is 5.32 Å². The van der Waals surface area contributed by atoms with Crippen molar-refractivity contribution >= 4 is 44.3 Å². The number of carbonyl (C=O) groups is 1. The molecule has 0 radical (unpaired) electrons. The average molecular weight is 384 g/mol. The molecular weight excluding hydrogens is 370 g/mol. The summed E-state index contributed by atoms with van der Waals surface area (Å²) in [6, 6.07) is 3.59. The maximum Gasteiger partial charge on any atom is 0.268 e. The molecule has 0 spiro atoms. The van der Waals surface area contributed by atoms with Crippen molar-refractivity contribution in [3.05, 3.63) is 39.1 Å². The Kier molecular flexibility index (Phi) is 4.60. The highest BCUT2D eigenvalue weighted by Gasteiger charge is 2.18. The number of halogens is 1. The van der Waals surface area contributed by atoms with Gasteiger partial charge in [0.05, 0.1) is 18.7 Å². The van der Waals surface area contributed by atoms with Crippen LogP contribution in [0.4, 0.5) is 0 Å². The fraction of sp³-hybridized carbons (Fsp3) is 0.286. The molecule has 0 fully saturated rings. The van der Waals surface area contributed by atoms with Crippen LogP contribution in [0.2, 0.25) is 0 Å². The molecule has 0 atom stereocenters. The van der Waals surface area contributed by atoms with Crippen LogP contribution in [0.5, 0.6) is 0 Å². The van der Waals surface area contributed by atoms with Crippen molar-refractivity contribution in [2.24, 2.45) is 0 Å². The second-order valence-electron chi connectivity index (χ2n) is 4.58. The highest BCUT2D eigenvalue weighted by molar-refractivity contribution is 9.10. The lowest BCUT2D eigenvalue weighted by Gasteiger charge is -2.09. The molecule has 3 aromatic rings. The zero-order chi connectivity index (χ0) is 15.5. The first kappa shape index (κ1) is 15.3. The number of amides is 1. The zero-order valence-electron chi connectivity index (χ0n) is 11.8. The number of ether oxygens (including phenoxy) is 1. The standard InChI is InChI=1S/C14H14BrN3O3S/c1-20-4-3-18-9-7-12(15)21-11(9)6-10(18)14(19)17-8-13-16-2-5-22-13/h2,5-7H,3-4,8H2,1H3,(H,17,19). The molecule has 0 aromatic carbocycles. The maximum atomic E-state index is 12.4. The first-order chi connectivity index (χ1) is 10.7. The lowest BCUT2D eigenvalue weighted by molar-refractivity contribution is 0.0939. The third-order valence-corrected chi connectivity index (χ3v) is 4.37. The lowest BCUT2D eigenvalue weighted by atomic mass is 10.4. The lowest BCUT2D eigenvalue weighted by Crippen LogP contribution is -2.26. The summed E-state index contributed by atoms with van der Waals surface area (Å²) in [7, 11) is 1.63. The second-order valence-corrected chi connectivity index (χ2v) is 6.34. The van der Waals surface area contributed by atoms with Gasteiger partial charge in [0, 0.05) is 37.4 Å². The van der Waals surface area contributed by atoms with Crippen LogP contribution in [0.3, 0.4) is 0 Å². The van der Waals surface area contributed by atoms with E-state index in [0.29, 0.717) is 35.6 Å². The van der Waals surface area contributed by atoms with Gasteiger partial charge in [-0.05, 0) is 15.9 Å². The summed E-state index contributed by atoms with van der Waals surface area (Å²) < 4.78 is 13.2. The van der Waals surface area contributed by atoms with E-state index in [2.05, 4.69) is 26.2 Å². The Hall–Kier alpha value is -1.64. The maximum absolute atomic E-state index is 12.4. The van der Waals surface area contributed by atoms with Crippen LogP contribution in [0.1, 0.15) is 15.5 Å². The van der Waals surface area contributed by atoms with Gasteiger partial charge in [-0.25, -0.2) is 4.98 Å². The number of fused-ring (bicyclic) bond motifs is 1. The molecule has 0 unspecified atom stereocenters. The van der Waals surface area contributed by atoms with Crippen molar-refractivity contribution < 1.29 is 13.9 Å². The van der Waals surface area contributed by atoms with E-state index in [1.165, 1.54) is 11.3 Å². The van der Waals surface area contributed by atoms with Crippen molar-refractivity contribution in [1.82, 2.24) is 14.9 Å². The number of rotatable bonds is 6. The normalized spacial score (nSPS) is 11.2. The predicted molar refractivity (Wildman–Crippen MR) is 87.1 cm³/mol. The molecular formula is C14H14BrN3O3S. The first-order valence-electron chi connectivity index (χ1n) is 6.63. The van der Waals surface area contributed by atoms with Gasteiger partial charge in [0.1, 0.15) is 10.7 Å². The zero-order valence-corrected chi connectivity index (χ0v) is 14.2. The van der Waals surface area contributed by atoms with Gasteiger partial charge in [0.2, 0.25) is 0 Å². The molecule has 3 heterocycles. The van der Waals surface area contributed by atoms with Gasteiger partial charge in [-0.1, -0.05) is 0 Å². The molecule has 0 saturated carbocycles. The van der Waals surface area contributed by atoms with E-state index < -0.39 is 0 Å². The topological polar surface area (TPSA) is 69.3 Å². The van der Waals surface area contributed by atoms with Crippen molar-refractivity contribution in [3.8, 4) is 0 Å². The minimum atomic E-state index is -0.158. The Bertz CT molecular complexity index is 779. The Morgan fingerprint density at radius 3 is 3.14 bits per heavy atom. The third kappa shape index (κ3) is 3.08. The van der Waals surface area contributed by atoms with Crippen molar-refractivity contribution in [1.29, 1.82) is 0 Å². The summed E-state index contributed by atoms with van der Waals surface area (Å²) in [4.78, 5) is 16.6. The summed E-state index contributed by atoms with van der Waals surface area (Å²) in [6.45, 7) is 1.50. The largest absolute Gasteiger partial charge is 0.448 e. The smallest absolute Gasteiger partial charge is 0.268 e. The molecule has 1 amide bonds. The Labute approximate surface area is 139 Å². The van der Waals surface area contributed by atoms with E-state index >= 15 is 0 Å². The molecule has 3 rings (SSSR count).